The maximum atomic E-state index is 11.3. The predicted molar refractivity (Wildman–Crippen MR) is 71.9 cm³/mol. The molecule has 0 aromatic rings. The van der Waals surface area contributed by atoms with Gasteiger partial charge in [0.1, 0.15) is 6.61 Å². The van der Waals surface area contributed by atoms with E-state index in [4.69, 9.17) is 4.74 Å². The number of hydrogen-bond donors (Lipinski definition) is 1. The molecule has 0 unspecified atom stereocenters. The Morgan fingerprint density at radius 3 is 2.37 bits per heavy atom. The number of ether oxygens (including phenoxy) is 1. The van der Waals surface area contributed by atoms with E-state index in [0.29, 0.717) is 11.5 Å². The first kappa shape index (κ1) is 15.5. The smallest absolute Gasteiger partial charge is 0.407 e. The van der Waals surface area contributed by atoms with Crippen LogP contribution in [0, 0.1) is 5.92 Å². The van der Waals surface area contributed by atoms with E-state index in [2.05, 4.69) is 13.5 Å². The summed E-state index contributed by atoms with van der Waals surface area (Å²) >= 11 is 0. The molecular weight excluding hydrogens is 246 g/mol. The van der Waals surface area contributed by atoms with Crippen LogP contribution in [0.5, 0.6) is 0 Å². The molecule has 0 spiro atoms. The minimum atomic E-state index is -0.939. The van der Waals surface area contributed by atoms with E-state index < -0.39 is 12.1 Å². The van der Waals surface area contributed by atoms with Crippen molar-refractivity contribution in [3.63, 3.8) is 0 Å². The van der Waals surface area contributed by atoms with Gasteiger partial charge < -0.3 is 14.7 Å². The summed E-state index contributed by atoms with van der Waals surface area (Å²) in [5.41, 5.74) is 0.327. The second kappa shape index (κ2) is 7.16. The lowest BCUT2D eigenvalue weighted by Gasteiger charge is -2.34. The van der Waals surface area contributed by atoms with Crippen LogP contribution in [0.2, 0.25) is 0 Å². The van der Waals surface area contributed by atoms with Crippen LogP contribution in [-0.2, 0) is 9.53 Å². The van der Waals surface area contributed by atoms with Crippen molar-refractivity contribution in [1.82, 2.24) is 4.90 Å². The summed E-state index contributed by atoms with van der Waals surface area (Å²) in [7, 11) is 0. The minimum absolute atomic E-state index is 0.0530. The molecule has 5 nitrogen and oxygen atoms in total. The van der Waals surface area contributed by atoms with E-state index >= 15 is 0 Å². The molecule has 19 heavy (non-hydrogen) atoms. The van der Waals surface area contributed by atoms with E-state index in [1.54, 1.807) is 6.92 Å². The van der Waals surface area contributed by atoms with Crippen molar-refractivity contribution in [3.8, 4) is 0 Å². The molecule has 1 fully saturated rings. The highest BCUT2D eigenvalue weighted by atomic mass is 16.5. The first-order valence-corrected chi connectivity index (χ1v) is 6.74. The molecular formula is C14H23NO4. The number of carbonyl (C=O) groups excluding carboxylic acids is 1. The maximum Gasteiger partial charge on any atom is 0.407 e. The van der Waals surface area contributed by atoms with E-state index in [-0.39, 0.29) is 19.2 Å². The van der Waals surface area contributed by atoms with Gasteiger partial charge in [0.05, 0.1) is 6.54 Å². The van der Waals surface area contributed by atoms with Gasteiger partial charge in [-0.3, -0.25) is 0 Å². The van der Waals surface area contributed by atoms with Crippen molar-refractivity contribution in [2.45, 2.75) is 45.6 Å². The van der Waals surface area contributed by atoms with E-state index in [9.17, 15) is 14.7 Å². The number of amides is 1. The van der Waals surface area contributed by atoms with E-state index in [1.807, 2.05) is 0 Å². The highest BCUT2D eigenvalue weighted by molar-refractivity contribution is 5.86. The van der Waals surface area contributed by atoms with Crippen LogP contribution < -0.4 is 0 Å². The summed E-state index contributed by atoms with van der Waals surface area (Å²) in [5, 5.41) is 9.23. The molecule has 108 valence electrons. The number of carboxylic acid groups (broad SMARTS) is 1. The minimum Gasteiger partial charge on any atom is -0.465 e. The fourth-order valence-electron chi connectivity index (χ4n) is 2.35. The average molecular weight is 269 g/mol. The van der Waals surface area contributed by atoms with Gasteiger partial charge in [-0.25, -0.2) is 9.59 Å². The Morgan fingerprint density at radius 2 is 1.89 bits per heavy atom. The van der Waals surface area contributed by atoms with Crippen molar-refractivity contribution in [3.05, 3.63) is 12.2 Å². The lowest BCUT2D eigenvalue weighted by Crippen LogP contribution is -2.43. The van der Waals surface area contributed by atoms with Crippen LogP contribution >= 0.6 is 0 Å². The fourth-order valence-corrected chi connectivity index (χ4v) is 2.35. The van der Waals surface area contributed by atoms with Gasteiger partial charge >= 0.3 is 12.1 Å². The van der Waals surface area contributed by atoms with Crippen molar-refractivity contribution in [2.75, 3.05) is 13.2 Å². The van der Waals surface area contributed by atoms with Gasteiger partial charge in [0, 0.05) is 11.6 Å². The molecule has 1 saturated carbocycles. The van der Waals surface area contributed by atoms with Gasteiger partial charge in [-0.15, -0.1) is 0 Å². The Labute approximate surface area is 114 Å². The molecule has 0 saturated heterocycles. The average Bonchev–Trinajstić information content (AvgIpc) is 2.35. The summed E-state index contributed by atoms with van der Waals surface area (Å²) in [4.78, 5) is 23.9. The Hall–Kier alpha value is -1.52. The monoisotopic (exact) mass is 269 g/mol. The maximum absolute atomic E-state index is 11.3. The van der Waals surface area contributed by atoms with Gasteiger partial charge in [-0.2, -0.15) is 0 Å². The van der Waals surface area contributed by atoms with Crippen LogP contribution in [0.15, 0.2) is 12.2 Å². The van der Waals surface area contributed by atoms with Crippen LogP contribution in [-0.4, -0.2) is 41.3 Å². The topological polar surface area (TPSA) is 66.8 Å². The summed E-state index contributed by atoms with van der Waals surface area (Å²) in [6.45, 7) is 7.56. The molecule has 1 N–H and O–H groups in total. The lowest BCUT2D eigenvalue weighted by atomic mass is 9.87. The highest BCUT2D eigenvalue weighted by Crippen LogP contribution is 2.27. The van der Waals surface area contributed by atoms with Gasteiger partial charge in [-0.05, 0) is 38.5 Å². The van der Waals surface area contributed by atoms with Gasteiger partial charge in [-0.1, -0.05) is 13.5 Å². The van der Waals surface area contributed by atoms with Crippen LogP contribution in [0.1, 0.15) is 39.5 Å². The second-order valence-electron chi connectivity index (χ2n) is 5.31. The lowest BCUT2D eigenvalue weighted by molar-refractivity contribution is -0.139. The predicted octanol–water partition coefficient (Wildman–Crippen LogP) is 2.66. The molecule has 5 heteroatoms. The van der Waals surface area contributed by atoms with E-state index in [0.717, 1.165) is 25.7 Å². The molecule has 0 atom stereocenters. The first-order valence-electron chi connectivity index (χ1n) is 6.74. The summed E-state index contributed by atoms with van der Waals surface area (Å²) < 4.78 is 4.95. The number of carbonyl (C=O) groups is 2. The molecule has 1 aliphatic rings. The Kier molecular flexibility index (Phi) is 5.86. The number of esters is 1. The third-order valence-electron chi connectivity index (χ3n) is 3.59. The molecule has 0 bridgehead atoms. The molecule has 0 aromatic carbocycles. The fraction of sp³-hybridized carbons (Fsp3) is 0.714. The summed E-state index contributed by atoms with van der Waals surface area (Å²) in [6.07, 6.45) is 2.95. The zero-order valence-corrected chi connectivity index (χ0v) is 11.7. The number of nitrogens with zero attached hydrogens (tertiary/aromatic N) is 1. The molecule has 1 amide bonds. The molecule has 0 radical (unpaired) electrons. The second-order valence-corrected chi connectivity index (χ2v) is 5.31. The summed E-state index contributed by atoms with van der Waals surface area (Å²) in [5.74, 6) is 0.204. The highest BCUT2D eigenvalue weighted by Gasteiger charge is 2.27. The standard InChI is InChI=1S/C14H23NO4/c1-10(2)13(16)19-9-8-15(14(17)18)12-6-4-11(3)5-7-12/h11-12H,1,4-9H2,2-3H3,(H,17,18). The molecule has 0 heterocycles. The Balaban J connectivity index is 2.43. The SMILES string of the molecule is C=C(C)C(=O)OCCN(C(=O)O)C1CCC(C)CC1. The molecule has 1 rings (SSSR count). The van der Waals surface area contributed by atoms with Gasteiger partial charge in [0.25, 0.3) is 0 Å². The van der Waals surface area contributed by atoms with Crippen molar-refractivity contribution >= 4 is 12.1 Å². The number of rotatable bonds is 5. The quantitative estimate of drug-likeness (QED) is 0.615. The van der Waals surface area contributed by atoms with Crippen molar-refractivity contribution in [2.24, 2.45) is 5.92 Å². The van der Waals surface area contributed by atoms with Crippen molar-refractivity contribution in [1.29, 1.82) is 0 Å². The zero-order chi connectivity index (χ0) is 14.4. The van der Waals surface area contributed by atoms with Gasteiger partial charge in [0.2, 0.25) is 0 Å². The Bertz CT molecular complexity index is 345. The third kappa shape index (κ3) is 4.93. The summed E-state index contributed by atoms with van der Waals surface area (Å²) in [6, 6.07) is 0.0530. The largest absolute Gasteiger partial charge is 0.465 e. The van der Waals surface area contributed by atoms with Crippen LogP contribution in [0.4, 0.5) is 4.79 Å². The number of hydrogen-bond acceptors (Lipinski definition) is 3. The van der Waals surface area contributed by atoms with Gasteiger partial charge in [0.15, 0.2) is 0 Å². The molecule has 0 aliphatic heterocycles. The first-order chi connectivity index (χ1) is 8.91. The van der Waals surface area contributed by atoms with Crippen LogP contribution in [0.3, 0.4) is 0 Å². The zero-order valence-electron chi connectivity index (χ0n) is 11.7. The van der Waals surface area contributed by atoms with E-state index in [1.165, 1.54) is 4.90 Å². The molecule has 0 aromatic heterocycles. The third-order valence-corrected chi connectivity index (χ3v) is 3.59. The Morgan fingerprint density at radius 1 is 1.32 bits per heavy atom. The van der Waals surface area contributed by atoms with Crippen molar-refractivity contribution < 1.29 is 19.4 Å². The molecule has 1 aliphatic carbocycles. The van der Waals surface area contributed by atoms with Crippen LogP contribution in [0.25, 0.3) is 0 Å². The normalized spacial score (nSPS) is 22.6.